The van der Waals surface area contributed by atoms with E-state index >= 15 is 0 Å². The van der Waals surface area contributed by atoms with E-state index in [1.807, 2.05) is 24.3 Å². The summed E-state index contributed by atoms with van der Waals surface area (Å²) in [4.78, 5) is 6.38. The van der Waals surface area contributed by atoms with E-state index in [-0.39, 0.29) is 12.0 Å². The highest BCUT2D eigenvalue weighted by Crippen LogP contribution is 2.37. The molecule has 1 saturated heterocycles. The van der Waals surface area contributed by atoms with E-state index in [9.17, 15) is 5.11 Å². The second-order valence-corrected chi connectivity index (χ2v) is 6.43. The van der Waals surface area contributed by atoms with E-state index in [1.54, 1.807) is 6.92 Å². The molecule has 0 spiro atoms. The summed E-state index contributed by atoms with van der Waals surface area (Å²) in [7, 11) is 0. The molecule has 1 aliphatic heterocycles. The van der Waals surface area contributed by atoms with E-state index < -0.39 is 0 Å². The summed E-state index contributed by atoms with van der Waals surface area (Å²) in [6, 6.07) is 7.86. The summed E-state index contributed by atoms with van der Waals surface area (Å²) < 4.78 is 5.04. The van der Waals surface area contributed by atoms with E-state index in [0.29, 0.717) is 11.8 Å². The molecule has 1 fully saturated rings. The van der Waals surface area contributed by atoms with Crippen LogP contribution in [-0.4, -0.2) is 34.9 Å². The number of aryl methyl sites for hydroxylation is 1. The number of aliphatic hydroxyl groups excluding tert-OH is 1. The van der Waals surface area contributed by atoms with Crippen molar-refractivity contribution in [2.45, 2.75) is 26.2 Å². The van der Waals surface area contributed by atoms with E-state index in [4.69, 9.17) is 16.1 Å². The second kappa shape index (κ2) is 6.26. The molecule has 22 heavy (non-hydrogen) atoms. The normalized spacial score (nSPS) is 17.7. The number of halogens is 1. The maximum Gasteiger partial charge on any atom is 0.266 e. The first-order valence-electron chi connectivity index (χ1n) is 7.51. The van der Waals surface area contributed by atoms with Gasteiger partial charge >= 0.3 is 0 Å². The lowest BCUT2D eigenvalue weighted by Crippen LogP contribution is -2.43. The van der Waals surface area contributed by atoms with Crippen molar-refractivity contribution in [1.82, 2.24) is 10.1 Å². The number of anilines is 1. The van der Waals surface area contributed by atoms with Crippen LogP contribution in [0.2, 0.25) is 5.02 Å². The van der Waals surface area contributed by atoms with E-state index in [0.717, 1.165) is 42.9 Å². The van der Waals surface area contributed by atoms with Crippen LogP contribution in [0, 0.1) is 12.3 Å². The van der Waals surface area contributed by atoms with Crippen molar-refractivity contribution >= 4 is 17.5 Å². The summed E-state index contributed by atoms with van der Waals surface area (Å²) in [6.07, 6.45) is 2.55. The van der Waals surface area contributed by atoms with Gasteiger partial charge < -0.3 is 14.5 Å². The second-order valence-electron chi connectivity index (χ2n) is 6.03. The number of aliphatic hydroxyl groups is 1. The Kier molecular flexibility index (Phi) is 4.36. The van der Waals surface area contributed by atoms with Crippen LogP contribution in [0.3, 0.4) is 0 Å². The van der Waals surface area contributed by atoms with Crippen LogP contribution >= 0.6 is 11.6 Å². The molecular weight excluding hydrogens is 302 g/mol. The molecule has 3 rings (SSSR count). The molecule has 0 bridgehead atoms. The van der Waals surface area contributed by atoms with Crippen LogP contribution in [0.25, 0.3) is 0 Å². The highest BCUT2D eigenvalue weighted by Gasteiger charge is 2.35. The Balaban J connectivity index is 1.70. The predicted molar refractivity (Wildman–Crippen MR) is 85.2 cm³/mol. The first kappa shape index (κ1) is 15.3. The van der Waals surface area contributed by atoms with Gasteiger partial charge in [-0.2, -0.15) is 4.98 Å². The Morgan fingerprint density at radius 1 is 1.32 bits per heavy atom. The fourth-order valence-corrected chi connectivity index (χ4v) is 3.24. The molecule has 0 aliphatic carbocycles. The lowest BCUT2D eigenvalue weighted by molar-refractivity contribution is 0.0958. The minimum absolute atomic E-state index is 0.125. The molecule has 0 atom stereocenters. The average Bonchev–Trinajstić information content (AvgIpc) is 2.97. The topological polar surface area (TPSA) is 62.4 Å². The molecule has 0 unspecified atom stereocenters. The zero-order chi connectivity index (χ0) is 15.6. The molecule has 1 N–H and O–H groups in total. The molecule has 1 aliphatic rings. The van der Waals surface area contributed by atoms with Gasteiger partial charge in [0.15, 0.2) is 0 Å². The Morgan fingerprint density at radius 3 is 2.64 bits per heavy atom. The third kappa shape index (κ3) is 3.10. The Labute approximate surface area is 134 Å². The monoisotopic (exact) mass is 321 g/mol. The summed E-state index contributed by atoms with van der Waals surface area (Å²) >= 11 is 6.27. The molecule has 0 radical (unpaired) electrons. The highest BCUT2D eigenvalue weighted by atomic mass is 35.5. The Hall–Kier alpha value is -1.59. The van der Waals surface area contributed by atoms with Crippen molar-refractivity contribution in [3.05, 3.63) is 40.7 Å². The minimum Gasteiger partial charge on any atom is -0.396 e. The Bertz CT molecular complexity index is 636. The van der Waals surface area contributed by atoms with Crippen molar-refractivity contribution in [3.8, 4) is 0 Å². The fourth-order valence-electron chi connectivity index (χ4n) is 3.03. The Morgan fingerprint density at radius 2 is 2.05 bits per heavy atom. The van der Waals surface area contributed by atoms with Gasteiger partial charge in [0, 0.05) is 37.1 Å². The molecule has 0 saturated carbocycles. The maximum atomic E-state index is 9.94. The summed E-state index contributed by atoms with van der Waals surface area (Å²) in [5.41, 5.74) is 0.974. The fraction of sp³-hybridized carbons (Fsp3) is 0.500. The number of piperidine rings is 1. The first-order valence-corrected chi connectivity index (χ1v) is 7.89. The molecule has 1 aromatic carbocycles. The zero-order valence-electron chi connectivity index (χ0n) is 12.6. The van der Waals surface area contributed by atoms with Crippen LogP contribution < -0.4 is 4.90 Å². The molecule has 2 heterocycles. The van der Waals surface area contributed by atoms with Crippen LogP contribution in [0.1, 0.15) is 24.3 Å². The highest BCUT2D eigenvalue weighted by molar-refractivity contribution is 6.31. The van der Waals surface area contributed by atoms with Gasteiger partial charge in [-0.1, -0.05) is 29.8 Å². The smallest absolute Gasteiger partial charge is 0.266 e. The standard InChI is InChI=1S/C16H20ClN3O2/c1-12-18-15(19-22-12)20-8-6-16(11-21,7-9-20)10-13-4-2-3-5-14(13)17/h2-5,21H,6-11H2,1H3. The molecular formula is C16H20ClN3O2. The summed E-state index contributed by atoms with van der Waals surface area (Å²) in [5.74, 6) is 1.21. The first-order chi connectivity index (χ1) is 10.6. The van der Waals surface area contributed by atoms with Crippen molar-refractivity contribution in [1.29, 1.82) is 0 Å². The summed E-state index contributed by atoms with van der Waals surface area (Å²) in [6.45, 7) is 3.57. The lowest BCUT2D eigenvalue weighted by Gasteiger charge is -2.40. The molecule has 0 amide bonds. The van der Waals surface area contributed by atoms with Gasteiger partial charge in [-0.15, -0.1) is 0 Å². The van der Waals surface area contributed by atoms with E-state index in [1.165, 1.54) is 0 Å². The van der Waals surface area contributed by atoms with Gasteiger partial charge in [0.1, 0.15) is 0 Å². The average molecular weight is 322 g/mol. The number of rotatable bonds is 4. The largest absolute Gasteiger partial charge is 0.396 e. The van der Waals surface area contributed by atoms with Gasteiger partial charge in [-0.25, -0.2) is 0 Å². The van der Waals surface area contributed by atoms with E-state index in [2.05, 4.69) is 15.0 Å². The quantitative estimate of drug-likeness (QED) is 0.938. The molecule has 5 nitrogen and oxygen atoms in total. The van der Waals surface area contributed by atoms with Crippen LogP contribution in [-0.2, 0) is 6.42 Å². The molecule has 1 aromatic heterocycles. The van der Waals surface area contributed by atoms with Crippen molar-refractivity contribution < 1.29 is 9.63 Å². The van der Waals surface area contributed by atoms with Crippen molar-refractivity contribution in [3.63, 3.8) is 0 Å². The number of hydrogen-bond acceptors (Lipinski definition) is 5. The zero-order valence-corrected chi connectivity index (χ0v) is 13.4. The van der Waals surface area contributed by atoms with Gasteiger partial charge in [-0.05, 0) is 36.0 Å². The number of hydrogen-bond donors (Lipinski definition) is 1. The van der Waals surface area contributed by atoms with Gasteiger partial charge in [0.05, 0.1) is 0 Å². The molecule has 2 aromatic rings. The van der Waals surface area contributed by atoms with Gasteiger partial charge in [-0.3, -0.25) is 0 Å². The van der Waals surface area contributed by atoms with Gasteiger partial charge in [0.2, 0.25) is 5.89 Å². The van der Waals surface area contributed by atoms with Crippen molar-refractivity contribution in [2.75, 3.05) is 24.6 Å². The third-order valence-electron chi connectivity index (χ3n) is 4.48. The third-order valence-corrected chi connectivity index (χ3v) is 4.85. The predicted octanol–water partition coefficient (Wildman–Crippen LogP) is 2.85. The van der Waals surface area contributed by atoms with Crippen LogP contribution in [0.15, 0.2) is 28.8 Å². The summed E-state index contributed by atoms with van der Waals surface area (Å²) in [5, 5.41) is 14.7. The number of benzene rings is 1. The minimum atomic E-state index is -0.125. The lowest BCUT2D eigenvalue weighted by atomic mass is 9.74. The number of aromatic nitrogens is 2. The van der Waals surface area contributed by atoms with Crippen LogP contribution in [0.4, 0.5) is 5.95 Å². The SMILES string of the molecule is Cc1nc(N2CCC(CO)(Cc3ccccc3Cl)CC2)no1. The molecule has 6 heteroatoms. The molecule has 118 valence electrons. The van der Waals surface area contributed by atoms with Crippen LogP contribution in [0.5, 0.6) is 0 Å². The maximum absolute atomic E-state index is 9.94. The number of nitrogens with zero attached hydrogens (tertiary/aromatic N) is 3. The van der Waals surface area contributed by atoms with Gasteiger partial charge in [0.25, 0.3) is 5.95 Å². The van der Waals surface area contributed by atoms with Crippen molar-refractivity contribution in [2.24, 2.45) is 5.41 Å².